The zero-order chi connectivity index (χ0) is 19.4. The SMILES string of the molecule is CC(CS(=O)(=O)c1ccccc1)OC(=O)N(c1ccccc1)C(C)(C)C. The van der Waals surface area contributed by atoms with Crippen molar-refractivity contribution in [2.45, 2.75) is 44.2 Å². The predicted molar refractivity (Wildman–Crippen MR) is 103 cm³/mol. The topological polar surface area (TPSA) is 63.7 Å². The van der Waals surface area contributed by atoms with Crippen molar-refractivity contribution in [3.05, 3.63) is 60.7 Å². The molecule has 6 heteroatoms. The standard InChI is InChI=1S/C20H25NO4S/c1-16(15-26(23,24)18-13-9-6-10-14-18)25-19(22)21(20(2,3)4)17-11-7-5-8-12-17/h5-14,16H,15H2,1-4H3. The van der Waals surface area contributed by atoms with Crippen LogP contribution in [-0.4, -0.2) is 31.9 Å². The molecule has 0 heterocycles. The summed E-state index contributed by atoms with van der Waals surface area (Å²) in [5.41, 5.74) is 0.180. The van der Waals surface area contributed by atoms with Crippen molar-refractivity contribution in [2.75, 3.05) is 10.7 Å². The van der Waals surface area contributed by atoms with Gasteiger partial charge in [-0.25, -0.2) is 13.2 Å². The van der Waals surface area contributed by atoms with Gasteiger partial charge in [0.15, 0.2) is 9.84 Å². The molecule has 1 unspecified atom stereocenters. The van der Waals surface area contributed by atoms with Gasteiger partial charge in [-0.1, -0.05) is 36.4 Å². The van der Waals surface area contributed by atoms with Crippen LogP contribution in [0.15, 0.2) is 65.6 Å². The molecule has 2 aromatic rings. The summed E-state index contributed by atoms with van der Waals surface area (Å²) in [6, 6.07) is 17.3. The monoisotopic (exact) mass is 375 g/mol. The van der Waals surface area contributed by atoms with Crippen molar-refractivity contribution < 1.29 is 17.9 Å². The Balaban J connectivity index is 2.14. The molecule has 0 saturated heterocycles. The fraction of sp³-hybridized carbons (Fsp3) is 0.350. The van der Waals surface area contributed by atoms with Gasteiger partial charge in [0.2, 0.25) is 0 Å². The lowest BCUT2D eigenvalue weighted by Crippen LogP contribution is -2.47. The Morgan fingerprint density at radius 2 is 1.50 bits per heavy atom. The zero-order valence-electron chi connectivity index (χ0n) is 15.5. The van der Waals surface area contributed by atoms with Crippen molar-refractivity contribution in [1.82, 2.24) is 0 Å². The highest BCUT2D eigenvalue weighted by molar-refractivity contribution is 7.91. The molecule has 0 bridgehead atoms. The number of hydrogen-bond acceptors (Lipinski definition) is 4. The van der Waals surface area contributed by atoms with Crippen LogP contribution >= 0.6 is 0 Å². The second kappa shape index (κ2) is 7.91. The summed E-state index contributed by atoms with van der Waals surface area (Å²) >= 11 is 0. The highest BCUT2D eigenvalue weighted by atomic mass is 32.2. The first-order valence-electron chi connectivity index (χ1n) is 8.45. The molecule has 140 valence electrons. The van der Waals surface area contributed by atoms with E-state index < -0.39 is 27.6 Å². The van der Waals surface area contributed by atoms with E-state index in [9.17, 15) is 13.2 Å². The van der Waals surface area contributed by atoms with Gasteiger partial charge >= 0.3 is 6.09 Å². The zero-order valence-corrected chi connectivity index (χ0v) is 16.4. The smallest absolute Gasteiger partial charge is 0.415 e. The predicted octanol–water partition coefficient (Wildman–Crippen LogP) is 4.29. The Hall–Kier alpha value is -2.34. The Kier molecular flexibility index (Phi) is 6.08. The lowest BCUT2D eigenvalue weighted by molar-refractivity contribution is 0.119. The van der Waals surface area contributed by atoms with Crippen LogP contribution in [0.3, 0.4) is 0 Å². The van der Waals surface area contributed by atoms with E-state index in [0.717, 1.165) is 0 Å². The van der Waals surface area contributed by atoms with Crippen molar-refractivity contribution in [3.8, 4) is 0 Å². The van der Waals surface area contributed by atoms with E-state index >= 15 is 0 Å². The molecule has 26 heavy (non-hydrogen) atoms. The number of carbonyl (C=O) groups is 1. The van der Waals surface area contributed by atoms with Gasteiger partial charge < -0.3 is 4.74 Å². The number of para-hydroxylation sites is 1. The fourth-order valence-corrected chi connectivity index (χ4v) is 4.09. The summed E-state index contributed by atoms with van der Waals surface area (Å²) in [5, 5.41) is 0. The maximum Gasteiger partial charge on any atom is 0.415 e. The number of sulfone groups is 1. The Morgan fingerprint density at radius 1 is 1.00 bits per heavy atom. The number of benzene rings is 2. The van der Waals surface area contributed by atoms with Crippen molar-refractivity contribution in [2.24, 2.45) is 0 Å². The molecule has 1 atom stereocenters. The minimum Gasteiger partial charge on any atom is -0.445 e. The van der Waals surface area contributed by atoms with Gasteiger partial charge in [0.1, 0.15) is 6.10 Å². The second-order valence-corrected chi connectivity index (χ2v) is 9.16. The second-order valence-electron chi connectivity index (χ2n) is 7.13. The van der Waals surface area contributed by atoms with Gasteiger partial charge in [0.05, 0.1) is 10.6 Å². The average molecular weight is 375 g/mol. The first kappa shape index (κ1) is 20.0. The normalized spacial score (nSPS) is 13.1. The van der Waals surface area contributed by atoms with E-state index in [-0.39, 0.29) is 10.6 Å². The van der Waals surface area contributed by atoms with Crippen molar-refractivity contribution in [1.29, 1.82) is 0 Å². The molecule has 2 aromatic carbocycles. The summed E-state index contributed by atoms with van der Waals surface area (Å²) in [4.78, 5) is 14.5. The number of rotatable bonds is 5. The van der Waals surface area contributed by atoms with Crippen LogP contribution < -0.4 is 4.90 Å². The number of ether oxygens (including phenoxy) is 1. The van der Waals surface area contributed by atoms with Crippen LogP contribution in [0.25, 0.3) is 0 Å². The van der Waals surface area contributed by atoms with E-state index in [2.05, 4.69) is 0 Å². The summed E-state index contributed by atoms with van der Waals surface area (Å²) in [7, 11) is -3.53. The van der Waals surface area contributed by atoms with Crippen LogP contribution in [0.5, 0.6) is 0 Å². The molecule has 0 N–H and O–H groups in total. The molecule has 0 spiro atoms. The third-order valence-corrected chi connectivity index (χ3v) is 5.62. The van der Waals surface area contributed by atoms with Gasteiger partial charge in [0, 0.05) is 11.2 Å². The molecular formula is C20H25NO4S. The average Bonchev–Trinajstić information content (AvgIpc) is 2.54. The molecule has 0 aromatic heterocycles. The number of hydrogen-bond donors (Lipinski definition) is 0. The van der Waals surface area contributed by atoms with Crippen molar-refractivity contribution >= 4 is 21.6 Å². The Labute approximate surface area is 155 Å². The number of carbonyl (C=O) groups excluding carboxylic acids is 1. The van der Waals surface area contributed by atoms with E-state index in [4.69, 9.17) is 4.74 Å². The minimum atomic E-state index is -3.53. The minimum absolute atomic E-state index is 0.221. The molecular weight excluding hydrogens is 350 g/mol. The van der Waals surface area contributed by atoms with Crippen LogP contribution in [0.2, 0.25) is 0 Å². The highest BCUT2D eigenvalue weighted by Crippen LogP contribution is 2.25. The molecule has 5 nitrogen and oxygen atoms in total. The van der Waals surface area contributed by atoms with E-state index in [1.165, 1.54) is 17.0 Å². The summed E-state index contributed by atoms with van der Waals surface area (Å²) < 4.78 is 30.4. The van der Waals surface area contributed by atoms with Crippen LogP contribution in [0.4, 0.5) is 10.5 Å². The lowest BCUT2D eigenvalue weighted by atomic mass is 10.1. The molecule has 0 saturated carbocycles. The molecule has 1 amide bonds. The van der Waals surface area contributed by atoms with Gasteiger partial charge in [-0.2, -0.15) is 0 Å². The number of amides is 1. The van der Waals surface area contributed by atoms with E-state index in [1.807, 2.05) is 51.1 Å². The molecule has 0 aliphatic rings. The van der Waals surface area contributed by atoms with E-state index in [1.54, 1.807) is 25.1 Å². The summed E-state index contributed by atoms with van der Waals surface area (Å²) in [6.45, 7) is 7.27. The summed E-state index contributed by atoms with van der Waals surface area (Å²) in [6.07, 6.45) is -1.35. The molecule has 0 radical (unpaired) electrons. The van der Waals surface area contributed by atoms with E-state index in [0.29, 0.717) is 5.69 Å². The van der Waals surface area contributed by atoms with Gasteiger partial charge in [0.25, 0.3) is 0 Å². The van der Waals surface area contributed by atoms with Crippen molar-refractivity contribution in [3.63, 3.8) is 0 Å². The number of nitrogens with zero attached hydrogens (tertiary/aromatic N) is 1. The fourth-order valence-electron chi connectivity index (χ4n) is 2.64. The molecule has 0 fully saturated rings. The largest absolute Gasteiger partial charge is 0.445 e. The Morgan fingerprint density at radius 3 is 2.00 bits per heavy atom. The summed E-state index contributed by atoms with van der Waals surface area (Å²) in [5.74, 6) is -0.268. The first-order valence-corrected chi connectivity index (χ1v) is 10.1. The van der Waals surface area contributed by atoms with Gasteiger partial charge in [-0.05, 0) is 52.0 Å². The first-order chi connectivity index (χ1) is 12.1. The van der Waals surface area contributed by atoms with Crippen LogP contribution in [-0.2, 0) is 14.6 Å². The highest BCUT2D eigenvalue weighted by Gasteiger charge is 2.31. The molecule has 0 aliphatic carbocycles. The third-order valence-electron chi connectivity index (χ3n) is 3.73. The maximum absolute atomic E-state index is 12.7. The third kappa shape index (κ3) is 5.08. The molecule has 2 rings (SSSR count). The van der Waals surface area contributed by atoms with Gasteiger partial charge in [-0.15, -0.1) is 0 Å². The lowest BCUT2D eigenvalue weighted by Gasteiger charge is -2.35. The van der Waals surface area contributed by atoms with Crippen LogP contribution in [0, 0.1) is 0 Å². The maximum atomic E-state index is 12.7. The van der Waals surface area contributed by atoms with Crippen LogP contribution in [0.1, 0.15) is 27.7 Å². The quantitative estimate of drug-likeness (QED) is 0.782. The van der Waals surface area contributed by atoms with Gasteiger partial charge in [-0.3, -0.25) is 4.90 Å². The molecule has 0 aliphatic heterocycles. The Bertz CT molecular complexity index is 827. The number of anilines is 1.